The number of H-pyrrole nitrogens is 1. The summed E-state index contributed by atoms with van der Waals surface area (Å²) in [6.07, 6.45) is 4.20. The van der Waals surface area contributed by atoms with Crippen molar-refractivity contribution in [2.45, 2.75) is 13.3 Å². The van der Waals surface area contributed by atoms with Crippen molar-refractivity contribution < 1.29 is 4.74 Å². The van der Waals surface area contributed by atoms with Crippen molar-refractivity contribution in [2.24, 2.45) is 5.10 Å². The van der Waals surface area contributed by atoms with E-state index in [0.717, 1.165) is 17.7 Å². The summed E-state index contributed by atoms with van der Waals surface area (Å²) >= 11 is 5.00. The zero-order valence-electron chi connectivity index (χ0n) is 10.0. The van der Waals surface area contributed by atoms with Crippen molar-refractivity contribution in [3.63, 3.8) is 0 Å². The maximum atomic E-state index is 5.64. The molecule has 1 aromatic heterocycles. The highest BCUT2D eigenvalue weighted by Crippen LogP contribution is 2.16. The summed E-state index contributed by atoms with van der Waals surface area (Å²) in [6, 6.07) is 7.74. The molecule has 2 rings (SSSR count). The van der Waals surface area contributed by atoms with Gasteiger partial charge in [0.1, 0.15) is 12.1 Å². The minimum absolute atomic E-state index is 0.457. The molecule has 18 heavy (non-hydrogen) atoms. The van der Waals surface area contributed by atoms with Gasteiger partial charge in [-0.25, -0.2) is 0 Å². The molecule has 0 radical (unpaired) electrons. The number of ether oxygens (including phenoxy) is 1. The number of para-hydroxylation sites is 1. The van der Waals surface area contributed by atoms with Crippen LogP contribution < -0.4 is 4.74 Å². The first kappa shape index (κ1) is 12.5. The molecule has 6 heteroatoms. The molecule has 1 aromatic carbocycles. The Hall–Kier alpha value is -1.95. The molecule has 0 atom stereocenters. The van der Waals surface area contributed by atoms with Crippen LogP contribution in [0.25, 0.3) is 0 Å². The van der Waals surface area contributed by atoms with Gasteiger partial charge in [0, 0.05) is 5.56 Å². The van der Waals surface area contributed by atoms with Crippen molar-refractivity contribution >= 4 is 18.4 Å². The molecule has 1 heterocycles. The van der Waals surface area contributed by atoms with E-state index < -0.39 is 0 Å². The Kier molecular flexibility index (Phi) is 4.25. The summed E-state index contributed by atoms with van der Waals surface area (Å²) in [5.41, 5.74) is 0.911. The molecule has 0 aliphatic heterocycles. The lowest BCUT2D eigenvalue weighted by molar-refractivity contribution is 0.317. The number of hydrogen-bond acceptors (Lipinski definition) is 4. The number of aromatic nitrogens is 3. The molecule has 1 N–H and O–H groups in total. The van der Waals surface area contributed by atoms with Crippen LogP contribution in [0.15, 0.2) is 35.7 Å². The molecule has 94 valence electrons. The van der Waals surface area contributed by atoms with Crippen molar-refractivity contribution in [2.75, 3.05) is 6.61 Å². The van der Waals surface area contributed by atoms with Crippen LogP contribution in [0.2, 0.25) is 0 Å². The molecule has 5 nitrogen and oxygen atoms in total. The monoisotopic (exact) mass is 262 g/mol. The molecule has 0 fully saturated rings. The largest absolute Gasteiger partial charge is 0.493 e. The second-order valence-corrected chi connectivity index (χ2v) is 4.02. The molecule has 0 aliphatic carbocycles. The normalized spacial score (nSPS) is 10.9. The molecule has 0 spiro atoms. The zero-order valence-corrected chi connectivity index (χ0v) is 10.9. The lowest BCUT2D eigenvalue weighted by Crippen LogP contribution is -1.99. The van der Waals surface area contributed by atoms with E-state index in [1.807, 2.05) is 24.3 Å². The van der Waals surface area contributed by atoms with E-state index in [4.69, 9.17) is 17.0 Å². The summed E-state index contributed by atoms with van der Waals surface area (Å²) in [5.74, 6) is 0.818. The van der Waals surface area contributed by atoms with Gasteiger partial charge in [-0.15, -0.1) is 0 Å². The summed E-state index contributed by atoms with van der Waals surface area (Å²) in [4.78, 5) is 0. The first-order valence-electron chi connectivity index (χ1n) is 5.69. The van der Waals surface area contributed by atoms with Gasteiger partial charge in [-0.05, 0) is 30.8 Å². The van der Waals surface area contributed by atoms with Gasteiger partial charge in [0.2, 0.25) is 4.77 Å². The van der Waals surface area contributed by atoms with Gasteiger partial charge in [0.15, 0.2) is 0 Å². The summed E-state index contributed by atoms with van der Waals surface area (Å²) in [7, 11) is 0. The van der Waals surface area contributed by atoms with Crippen LogP contribution in [0, 0.1) is 4.77 Å². The molecule has 0 saturated carbocycles. The predicted octanol–water partition coefficient (Wildman–Crippen LogP) is 2.61. The maximum absolute atomic E-state index is 5.64. The Balaban J connectivity index is 2.21. The fourth-order valence-corrected chi connectivity index (χ4v) is 1.53. The predicted molar refractivity (Wildman–Crippen MR) is 72.6 cm³/mol. The second-order valence-electron chi connectivity index (χ2n) is 3.64. The molecule has 2 aromatic rings. The summed E-state index contributed by atoms with van der Waals surface area (Å²) in [6.45, 7) is 2.76. The lowest BCUT2D eigenvalue weighted by Gasteiger charge is -2.06. The van der Waals surface area contributed by atoms with E-state index in [-0.39, 0.29) is 0 Å². The van der Waals surface area contributed by atoms with Gasteiger partial charge in [-0.2, -0.15) is 14.9 Å². The Morgan fingerprint density at radius 2 is 2.33 bits per heavy atom. The van der Waals surface area contributed by atoms with E-state index >= 15 is 0 Å². The minimum Gasteiger partial charge on any atom is -0.493 e. The lowest BCUT2D eigenvalue weighted by atomic mass is 10.2. The van der Waals surface area contributed by atoms with Gasteiger partial charge in [-0.3, -0.25) is 5.10 Å². The number of aromatic amines is 1. The third-order valence-electron chi connectivity index (χ3n) is 2.24. The highest BCUT2D eigenvalue weighted by Gasteiger charge is 1.99. The van der Waals surface area contributed by atoms with Gasteiger partial charge < -0.3 is 4.74 Å². The molecule has 0 bridgehead atoms. The van der Waals surface area contributed by atoms with Crippen molar-refractivity contribution in [3.8, 4) is 5.75 Å². The number of nitrogens with one attached hydrogen (secondary N) is 1. The van der Waals surface area contributed by atoms with E-state index in [2.05, 4.69) is 22.2 Å². The van der Waals surface area contributed by atoms with Crippen LogP contribution in [0.4, 0.5) is 0 Å². The minimum atomic E-state index is 0.457. The van der Waals surface area contributed by atoms with Crippen molar-refractivity contribution in [1.82, 2.24) is 14.9 Å². The van der Waals surface area contributed by atoms with Crippen molar-refractivity contribution in [1.29, 1.82) is 0 Å². The number of hydrogen-bond donors (Lipinski definition) is 1. The van der Waals surface area contributed by atoms with E-state index in [0.29, 0.717) is 11.4 Å². The van der Waals surface area contributed by atoms with Gasteiger partial charge in [0.25, 0.3) is 0 Å². The molecule has 0 amide bonds. The maximum Gasteiger partial charge on any atom is 0.216 e. The SMILES string of the molecule is CCCOc1ccccc1/C=N/n1cn[nH]c1=S. The Morgan fingerprint density at radius 3 is 3.06 bits per heavy atom. The first-order valence-corrected chi connectivity index (χ1v) is 6.10. The molecule has 0 saturated heterocycles. The molecular weight excluding hydrogens is 248 g/mol. The van der Waals surface area contributed by atoms with Gasteiger partial charge in [-0.1, -0.05) is 19.1 Å². The fourth-order valence-electron chi connectivity index (χ4n) is 1.38. The average molecular weight is 262 g/mol. The fraction of sp³-hybridized carbons (Fsp3) is 0.250. The van der Waals surface area contributed by atoms with E-state index in [9.17, 15) is 0 Å². The molecule has 0 unspecified atom stereocenters. The topological polar surface area (TPSA) is 55.2 Å². The van der Waals surface area contributed by atoms with Crippen LogP contribution in [0.5, 0.6) is 5.75 Å². The molecular formula is C12H14N4OS. The number of benzene rings is 1. The number of rotatable bonds is 5. The quantitative estimate of drug-likeness (QED) is 0.665. The Labute approximate surface area is 110 Å². The summed E-state index contributed by atoms with van der Waals surface area (Å²) < 4.78 is 7.59. The van der Waals surface area contributed by atoms with E-state index in [1.54, 1.807) is 6.21 Å². The average Bonchev–Trinajstić information content (AvgIpc) is 2.80. The Bertz CT molecular complexity index is 588. The van der Waals surface area contributed by atoms with Crippen LogP contribution >= 0.6 is 12.2 Å². The van der Waals surface area contributed by atoms with Crippen molar-refractivity contribution in [3.05, 3.63) is 40.9 Å². The Morgan fingerprint density at radius 1 is 1.50 bits per heavy atom. The third-order valence-corrected chi connectivity index (χ3v) is 2.52. The summed E-state index contributed by atoms with van der Waals surface area (Å²) in [5, 5.41) is 10.6. The zero-order chi connectivity index (χ0) is 12.8. The van der Waals surface area contributed by atoms with Gasteiger partial charge in [0.05, 0.1) is 12.8 Å². The smallest absolute Gasteiger partial charge is 0.216 e. The standard InChI is InChI=1S/C12H14N4OS/c1-2-7-17-11-6-4-3-5-10(11)8-14-16-9-13-15-12(16)18/h3-6,8-9H,2,7H2,1H3,(H,15,18)/b14-8+. The first-order chi connectivity index (χ1) is 8.81. The van der Waals surface area contributed by atoms with E-state index in [1.165, 1.54) is 11.0 Å². The molecule has 0 aliphatic rings. The van der Waals surface area contributed by atoms with Crippen LogP contribution in [-0.2, 0) is 0 Å². The highest BCUT2D eigenvalue weighted by molar-refractivity contribution is 7.71. The highest BCUT2D eigenvalue weighted by atomic mass is 32.1. The van der Waals surface area contributed by atoms with Crippen LogP contribution in [0.1, 0.15) is 18.9 Å². The van der Waals surface area contributed by atoms with Crippen LogP contribution in [-0.4, -0.2) is 27.7 Å². The second kappa shape index (κ2) is 6.11. The third kappa shape index (κ3) is 3.04. The van der Waals surface area contributed by atoms with Gasteiger partial charge >= 0.3 is 0 Å². The number of nitrogens with zero attached hydrogens (tertiary/aromatic N) is 3. The van der Waals surface area contributed by atoms with Crippen LogP contribution in [0.3, 0.4) is 0 Å².